The fourth-order valence-electron chi connectivity index (χ4n) is 0.144. The van der Waals surface area contributed by atoms with E-state index >= 15 is 0 Å². The summed E-state index contributed by atoms with van der Waals surface area (Å²) >= 11 is -3.07. The van der Waals surface area contributed by atoms with Gasteiger partial charge in [-0.15, -0.1) is 0 Å². The SMILES string of the molecule is O=C([O-])[O-].O=C1[O][Sn](=[O])[O]1.[Ba+2]. The first-order valence-corrected chi connectivity index (χ1v) is 5.33. The molecule has 0 unspecified atom stereocenters. The molecule has 9 heteroatoms. The van der Waals surface area contributed by atoms with E-state index in [0.29, 0.717) is 0 Å². The smallest absolute Gasteiger partial charge is 2.00 e. The van der Waals surface area contributed by atoms with Crippen LogP contribution in [0.2, 0.25) is 0 Å². The van der Waals surface area contributed by atoms with Gasteiger partial charge in [-0.05, 0) is 6.16 Å². The Balaban J connectivity index is 0. The van der Waals surface area contributed by atoms with E-state index in [9.17, 15) is 7.87 Å². The molecule has 1 fully saturated rings. The summed E-state index contributed by atoms with van der Waals surface area (Å²) in [5, 5.41) is 16.7. The second kappa shape index (κ2) is 7.36. The van der Waals surface area contributed by atoms with Gasteiger partial charge in [0.25, 0.3) is 0 Å². The van der Waals surface area contributed by atoms with E-state index in [1.807, 2.05) is 0 Å². The largest absolute Gasteiger partial charge is 2.00 e. The maximum Gasteiger partial charge on any atom is 2.00 e. The fourth-order valence-corrected chi connectivity index (χ4v) is 0.964. The van der Waals surface area contributed by atoms with Crippen LogP contribution >= 0.6 is 0 Å². The Labute approximate surface area is 109 Å². The summed E-state index contributed by atoms with van der Waals surface area (Å²) in [4.78, 5) is 17.8. The average Bonchev–Trinajstić information content (AvgIpc) is 1.60. The number of hydrogen-bond donors (Lipinski definition) is 0. The van der Waals surface area contributed by atoms with Crippen molar-refractivity contribution in [1.82, 2.24) is 0 Å². The van der Waals surface area contributed by atoms with Gasteiger partial charge in [0.15, 0.2) is 0 Å². The minimum atomic E-state index is -3.07. The maximum absolute atomic E-state index is 9.72. The third-order valence-electron chi connectivity index (χ3n) is 0.333. The van der Waals surface area contributed by atoms with Crippen molar-refractivity contribution < 1.29 is 29.0 Å². The molecule has 56 valence electrons. The third-order valence-corrected chi connectivity index (χ3v) is 2.24. The molecule has 0 aliphatic carbocycles. The van der Waals surface area contributed by atoms with Gasteiger partial charge < -0.3 is 15.0 Å². The first-order valence-electron chi connectivity index (χ1n) is 1.84. The van der Waals surface area contributed by atoms with Gasteiger partial charge in [-0.1, -0.05) is 0 Å². The fraction of sp³-hybridized carbons (Fsp3) is 0. The molecule has 0 aromatic rings. The Hall–Kier alpha value is 0.710. The zero-order valence-electron chi connectivity index (χ0n) is 5.06. The van der Waals surface area contributed by atoms with Crippen molar-refractivity contribution >= 4 is 81.8 Å². The summed E-state index contributed by atoms with van der Waals surface area (Å²) in [5.74, 6) is 0. The number of carboxylic acid groups (broad SMARTS) is 2. The van der Waals surface area contributed by atoms with Crippen LogP contribution in [0.4, 0.5) is 9.59 Å². The predicted molar refractivity (Wildman–Crippen MR) is 25.2 cm³/mol. The van der Waals surface area contributed by atoms with Crippen LogP contribution in [0, 0.1) is 0 Å². The molecule has 0 aromatic carbocycles. The first-order chi connectivity index (χ1) is 4.52. The van der Waals surface area contributed by atoms with Crippen molar-refractivity contribution in [3.8, 4) is 0 Å². The molecule has 1 heterocycles. The molecule has 1 aliphatic heterocycles. The van der Waals surface area contributed by atoms with Crippen molar-refractivity contribution in [2.45, 2.75) is 0 Å². The van der Waals surface area contributed by atoms with Crippen LogP contribution in [0.1, 0.15) is 0 Å². The molecule has 0 N–H and O–H groups in total. The Bertz CT molecular complexity index is 151. The molecular formula is C2BaO7Sn. The van der Waals surface area contributed by atoms with Gasteiger partial charge in [0.05, 0.1) is 0 Å². The van der Waals surface area contributed by atoms with E-state index in [4.69, 9.17) is 15.0 Å². The molecule has 11 heavy (non-hydrogen) atoms. The summed E-state index contributed by atoms with van der Waals surface area (Å²) in [7, 11) is 0. The van der Waals surface area contributed by atoms with Crippen molar-refractivity contribution in [3.05, 3.63) is 0 Å². The van der Waals surface area contributed by atoms with Crippen molar-refractivity contribution in [3.63, 3.8) is 0 Å². The van der Waals surface area contributed by atoms with E-state index in [1.54, 1.807) is 0 Å². The Morgan fingerprint density at radius 3 is 1.64 bits per heavy atom. The summed E-state index contributed by atoms with van der Waals surface area (Å²) < 4.78 is 17.6. The standard InChI is InChI=1S/2CH2O3.Ba.O.Sn/c2*2-1(3)4;;;/h2*(H2,2,3,4);;;/q;;+2;;+2/p-4. The van der Waals surface area contributed by atoms with Crippen LogP contribution < -0.4 is 10.2 Å². The molecule has 1 saturated heterocycles. The minimum absolute atomic E-state index is 0. The summed E-state index contributed by atoms with van der Waals surface area (Å²) in [5.41, 5.74) is 0. The van der Waals surface area contributed by atoms with Crippen molar-refractivity contribution in [1.29, 1.82) is 0 Å². The number of carbonyl (C=O) groups is 2. The Morgan fingerprint density at radius 1 is 1.36 bits per heavy atom. The summed E-state index contributed by atoms with van der Waals surface area (Å²) in [6, 6.07) is 0. The normalized spacial score (nSPS) is 12.0. The maximum atomic E-state index is 9.72. The van der Waals surface area contributed by atoms with E-state index < -0.39 is 32.9 Å². The van der Waals surface area contributed by atoms with Gasteiger partial charge in [0, 0.05) is 0 Å². The zero-order valence-corrected chi connectivity index (χ0v) is 12.4. The van der Waals surface area contributed by atoms with Crippen LogP contribution in [0.15, 0.2) is 0 Å². The quantitative estimate of drug-likeness (QED) is 0.398. The second-order valence-corrected chi connectivity index (χ2v) is 3.55. The molecule has 0 amide bonds. The molecule has 0 bridgehead atoms. The molecule has 7 nitrogen and oxygen atoms in total. The van der Waals surface area contributed by atoms with Crippen LogP contribution in [-0.2, 0) is 9.23 Å². The monoisotopic (exact) mass is 394 g/mol. The topological polar surface area (TPSA) is 116 Å². The molecule has 0 spiro atoms. The number of hydrogen-bond acceptors (Lipinski definition) is 7. The number of rotatable bonds is 0. The average molecular weight is 392 g/mol. The van der Waals surface area contributed by atoms with Crippen LogP contribution in [0.3, 0.4) is 0 Å². The van der Waals surface area contributed by atoms with Gasteiger partial charge in [-0.25, -0.2) is 0 Å². The van der Waals surface area contributed by atoms with E-state index in [0.717, 1.165) is 0 Å². The van der Waals surface area contributed by atoms with Crippen molar-refractivity contribution in [2.75, 3.05) is 0 Å². The predicted octanol–water partition coefficient (Wildman–Crippen LogP) is -3.26. The molecule has 0 atom stereocenters. The zero-order chi connectivity index (χ0) is 8.15. The Morgan fingerprint density at radius 2 is 1.64 bits per heavy atom. The van der Waals surface area contributed by atoms with E-state index in [-0.39, 0.29) is 48.9 Å². The third kappa shape index (κ3) is 10.7. The van der Waals surface area contributed by atoms with Crippen molar-refractivity contribution in [2.24, 2.45) is 0 Å². The van der Waals surface area contributed by atoms with Gasteiger partial charge in [-0.2, -0.15) is 0 Å². The molecule has 1 rings (SSSR count). The second-order valence-electron chi connectivity index (χ2n) is 0.954. The molecule has 0 saturated carbocycles. The Kier molecular flexibility index (Phi) is 9.54. The first kappa shape index (κ1) is 14.2. The number of carbonyl (C=O) groups excluding carboxylic acids is 2. The van der Waals surface area contributed by atoms with Crippen LogP contribution in [-0.4, -0.2) is 81.8 Å². The minimum Gasteiger partial charge on any atom is 2.00 e. The summed E-state index contributed by atoms with van der Waals surface area (Å²) in [6.07, 6.45) is -3.13. The molecule has 0 radical (unpaired) electrons. The van der Waals surface area contributed by atoms with E-state index in [1.165, 1.54) is 0 Å². The van der Waals surface area contributed by atoms with Crippen LogP contribution in [0.5, 0.6) is 0 Å². The summed E-state index contributed by atoms with van der Waals surface area (Å²) in [6.45, 7) is 0. The van der Waals surface area contributed by atoms with Gasteiger partial charge in [0.2, 0.25) is 0 Å². The molecule has 0 aromatic heterocycles. The van der Waals surface area contributed by atoms with Gasteiger partial charge >= 0.3 is 89.6 Å². The van der Waals surface area contributed by atoms with E-state index in [2.05, 4.69) is 6.15 Å². The molecule has 1 aliphatic rings. The van der Waals surface area contributed by atoms with Gasteiger partial charge in [-0.3, -0.25) is 0 Å². The molecular weight excluding hydrogens is 392 g/mol. The van der Waals surface area contributed by atoms with Crippen LogP contribution in [0.25, 0.3) is 0 Å². The van der Waals surface area contributed by atoms with Gasteiger partial charge in [0.1, 0.15) is 0 Å².